The number of pyridine rings is 1. The van der Waals surface area contributed by atoms with Gasteiger partial charge in [-0.2, -0.15) is 0 Å². The van der Waals surface area contributed by atoms with Gasteiger partial charge in [0.15, 0.2) is 0 Å². The van der Waals surface area contributed by atoms with Gasteiger partial charge in [-0.05, 0) is 40.8 Å². The third-order valence-electron chi connectivity index (χ3n) is 1.67. The van der Waals surface area contributed by atoms with Crippen molar-refractivity contribution >= 4 is 33.5 Å². The van der Waals surface area contributed by atoms with E-state index in [1.165, 1.54) is 0 Å². The van der Waals surface area contributed by atoms with Gasteiger partial charge in [0.05, 0.1) is 5.52 Å². The highest BCUT2D eigenvalue weighted by atomic mass is 127. The summed E-state index contributed by atoms with van der Waals surface area (Å²) >= 11 is 2.17. The molecule has 1 N–H and O–H groups in total. The van der Waals surface area contributed by atoms with Gasteiger partial charge in [0.1, 0.15) is 5.75 Å². The zero-order valence-electron chi connectivity index (χ0n) is 6.16. The molecule has 0 amide bonds. The summed E-state index contributed by atoms with van der Waals surface area (Å²) in [4.78, 5) is 4.17. The lowest BCUT2D eigenvalue weighted by atomic mass is 10.2. The van der Waals surface area contributed by atoms with E-state index < -0.39 is 0 Å². The number of aromatic hydroxyl groups is 1. The van der Waals surface area contributed by atoms with Crippen LogP contribution in [0.5, 0.6) is 5.75 Å². The molecule has 60 valence electrons. The first-order chi connectivity index (χ1) is 5.77. The van der Waals surface area contributed by atoms with Crippen molar-refractivity contribution in [1.29, 1.82) is 0 Å². The molecule has 1 aromatic heterocycles. The monoisotopic (exact) mass is 271 g/mol. The smallest absolute Gasteiger partial charge is 0.125 e. The first kappa shape index (κ1) is 7.79. The topological polar surface area (TPSA) is 33.1 Å². The molecule has 0 saturated carbocycles. The summed E-state index contributed by atoms with van der Waals surface area (Å²) in [5.74, 6) is 0.290. The number of nitrogens with zero attached hydrogens (tertiary/aromatic N) is 1. The summed E-state index contributed by atoms with van der Waals surface area (Å²) in [6, 6.07) is 7.25. The highest BCUT2D eigenvalue weighted by molar-refractivity contribution is 14.1. The quantitative estimate of drug-likeness (QED) is 0.747. The number of aromatic nitrogens is 1. The van der Waals surface area contributed by atoms with Gasteiger partial charge in [0, 0.05) is 15.2 Å². The standard InChI is InChI=1S/C9H6INO/c10-6-4-7-8(11-5-6)2-1-3-9(7)12/h1-5,12H. The van der Waals surface area contributed by atoms with Crippen molar-refractivity contribution in [2.75, 3.05) is 0 Å². The number of fused-ring (bicyclic) bond motifs is 1. The minimum absolute atomic E-state index is 0.290. The minimum Gasteiger partial charge on any atom is -0.507 e. The van der Waals surface area contributed by atoms with E-state index in [0.717, 1.165) is 14.5 Å². The average Bonchev–Trinajstić information content (AvgIpc) is 2.07. The van der Waals surface area contributed by atoms with E-state index in [9.17, 15) is 5.11 Å². The normalized spacial score (nSPS) is 10.4. The molecule has 0 atom stereocenters. The van der Waals surface area contributed by atoms with Gasteiger partial charge < -0.3 is 5.11 Å². The molecule has 0 fully saturated rings. The third kappa shape index (κ3) is 1.24. The molecule has 0 aliphatic heterocycles. The number of benzene rings is 1. The Bertz CT molecular complexity index is 428. The van der Waals surface area contributed by atoms with Gasteiger partial charge >= 0.3 is 0 Å². The van der Waals surface area contributed by atoms with Crippen molar-refractivity contribution in [2.45, 2.75) is 0 Å². The molecule has 1 aromatic carbocycles. The number of rotatable bonds is 0. The first-order valence-corrected chi connectivity index (χ1v) is 4.58. The maximum Gasteiger partial charge on any atom is 0.125 e. The molecule has 2 nitrogen and oxygen atoms in total. The van der Waals surface area contributed by atoms with Gasteiger partial charge in [-0.1, -0.05) is 6.07 Å². The third-order valence-corrected chi connectivity index (χ3v) is 2.26. The molecular weight excluding hydrogens is 265 g/mol. The van der Waals surface area contributed by atoms with Crippen LogP contribution in [-0.4, -0.2) is 10.1 Å². The number of hydrogen-bond acceptors (Lipinski definition) is 2. The Balaban J connectivity index is 2.88. The van der Waals surface area contributed by atoms with Crippen molar-refractivity contribution < 1.29 is 5.11 Å². The number of phenols is 1. The Morgan fingerprint density at radius 3 is 3.00 bits per heavy atom. The van der Waals surface area contributed by atoms with E-state index in [1.807, 2.05) is 12.1 Å². The lowest BCUT2D eigenvalue weighted by Gasteiger charge is -1.99. The predicted molar refractivity (Wildman–Crippen MR) is 56.1 cm³/mol. The second-order valence-corrected chi connectivity index (χ2v) is 3.74. The van der Waals surface area contributed by atoms with E-state index in [2.05, 4.69) is 27.6 Å². The van der Waals surface area contributed by atoms with Crippen LogP contribution in [0, 0.1) is 3.57 Å². The average molecular weight is 271 g/mol. The highest BCUT2D eigenvalue weighted by Crippen LogP contribution is 2.23. The summed E-state index contributed by atoms with van der Waals surface area (Å²) in [6.45, 7) is 0. The lowest BCUT2D eigenvalue weighted by Crippen LogP contribution is -1.80. The Morgan fingerprint density at radius 2 is 2.17 bits per heavy atom. The summed E-state index contributed by atoms with van der Waals surface area (Å²) in [7, 11) is 0. The van der Waals surface area contributed by atoms with E-state index in [4.69, 9.17) is 0 Å². The fourth-order valence-corrected chi connectivity index (χ4v) is 1.56. The summed E-state index contributed by atoms with van der Waals surface area (Å²) in [5, 5.41) is 10.3. The minimum atomic E-state index is 0.290. The fourth-order valence-electron chi connectivity index (χ4n) is 1.11. The summed E-state index contributed by atoms with van der Waals surface area (Å²) < 4.78 is 1.03. The van der Waals surface area contributed by atoms with E-state index in [1.54, 1.807) is 18.3 Å². The molecular formula is C9H6INO. The molecule has 2 rings (SSSR count). The second-order valence-electron chi connectivity index (χ2n) is 2.50. The van der Waals surface area contributed by atoms with Crippen LogP contribution in [-0.2, 0) is 0 Å². The Hall–Kier alpha value is -0.840. The lowest BCUT2D eigenvalue weighted by molar-refractivity contribution is 0.481. The Labute approximate surface area is 83.4 Å². The van der Waals surface area contributed by atoms with E-state index in [0.29, 0.717) is 5.75 Å². The van der Waals surface area contributed by atoms with E-state index in [-0.39, 0.29) is 0 Å². The van der Waals surface area contributed by atoms with Crippen LogP contribution in [0.15, 0.2) is 30.5 Å². The van der Waals surface area contributed by atoms with E-state index >= 15 is 0 Å². The molecule has 0 aliphatic carbocycles. The maximum atomic E-state index is 9.45. The zero-order chi connectivity index (χ0) is 8.55. The predicted octanol–water partition coefficient (Wildman–Crippen LogP) is 2.55. The SMILES string of the molecule is Oc1cccc2ncc(I)cc12. The molecule has 0 unspecified atom stereocenters. The molecule has 0 spiro atoms. The molecule has 1 heterocycles. The largest absolute Gasteiger partial charge is 0.507 e. The van der Waals surface area contributed by atoms with Crippen LogP contribution in [0.3, 0.4) is 0 Å². The van der Waals surface area contributed by atoms with Gasteiger partial charge in [-0.3, -0.25) is 4.98 Å². The number of phenolic OH excluding ortho intramolecular Hbond substituents is 1. The van der Waals surface area contributed by atoms with Crippen LogP contribution in [0.4, 0.5) is 0 Å². The van der Waals surface area contributed by atoms with Crippen LogP contribution >= 0.6 is 22.6 Å². The molecule has 0 radical (unpaired) electrons. The van der Waals surface area contributed by atoms with Gasteiger partial charge in [-0.15, -0.1) is 0 Å². The molecule has 0 saturated heterocycles. The van der Waals surface area contributed by atoms with Crippen LogP contribution < -0.4 is 0 Å². The molecule has 0 bridgehead atoms. The van der Waals surface area contributed by atoms with Gasteiger partial charge in [0.25, 0.3) is 0 Å². The van der Waals surface area contributed by atoms with Gasteiger partial charge in [0.2, 0.25) is 0 Å². The first-order valence-electron chi connectivity index (χ1n) is 3.50. The summed E-state index contributed by atoms with van der Waals surface area (Å²) in [5.41, 5.74) is 0.829. The van der Waals surface area contributed by atoms with Gasteiger partial charge in [-0.25, -0.2) is 0 Å². The molecule has 0 aliphatic rings. The van der Waals surface area contributed by atoms with Crippen LogP contribution in [0.25, 0.3) is 10.9 Å². The fraction of sp³-hybridized carbons (Fsp3) is 0. The van der Waals surface area contributed by atoms with Crippen LogP contribution in [0.1, 0.15) is 0 Å². The number of halogens is 1. The number of hydrogen-bond donors (Lipinski definition) is 1. The molecule has 12 heavy (non-hydrogen) atoms. The zero-order valence-corrected chi connectivity index (χ0v) is 8.32. The van der Waals surface area contributed by atoms with Crippen molar-refractivity contribution in [3.8, 4) is 5.75 Å². The van der Waals surface area contributed by atoms with Crippen LogP contribution in [0.2, 0.25) is 0 Å². The summed E-state index contributed by atoms with van der Waals surface area (Å²) in [6.07, 6.45) is 1.78. The molecule has 2 aromatic rings. The van der Waals surface area contributed by atoms with Crippen molar-refractivity contribution in [3.05, 3.63) is 34.0 Å². The Kier molecular flexibility index (Phi) is 1.88. The maximum absolute atomic E-state index is 9.45. The molecule has 3 heteroatoms. The second kappa shape index (κ2) is 2.90. The Morgan fingerprint density at radius 1 is 1.33 bits per heavy atom. The van der Waals surface area contributed by atoms with Crippen molar-refractivity contribution in [2.24, 2.45) is 0 Å². The highest BCUT2D eigenvalue weighted by Gasteiger charge is 1.99. The van der Waals surface area contributed by atoms with Crippen molar-refractivity contribution in [1.82, 2.24) is 4.98 Å². The van der Waals surface area contributed by atoms with Crippen molar-refractivity contribution in [3.63, 3.8) is 0 Å².